The number of hydrogen-bond acceptors (Lipinski definition) is 2. The normalized spacial score (nSPS) is 22.9. The highest BCUT2D eigenvalue weighted by Crippen LogP contribution is 2.31. The van der Waals surface area contributed by atoms with E-state index in [4.69, 9.17) is 5.73 Å². The molecule has 2 heteroatoms. The quantitative estimate of drug-likeness (QED) is 0.734. The molecule has 1 rings (SSSR count). The van der Waals surface area contributed by atoms with Gasteiger partial charge in [0.25, 0.3) is 0 Å². The van der Waals surface area contributed by atoms with Crippen molar-refractivity contribution >= 4 is 0 Å². The number of nitrogens with two attached hydrogens (primary N) is 1. The van der Waals surface area contributed by atoms with Crippen molar-refractivity contribution in [3.8, 4) is 0 Å². The minimum atomic E-state index is 0.360. The van der Waals surface area contributed by atoms with Gasteiger partial charge in [-0.25, -0.2) is 0 Å². The van der Waals surface area contributed by atoms with Gasteiger partial charge in [-0.3, -0.25) is 0 Å². The Hall–Kier alpha value is -0.0800. The van der Waals surface area contributed by atoms with Crippen LogP contribution < -0.4 is 5.73 Å². The Morgan fingerprint density at radius 2 is 1.79 bits per heavy atom. The molecule has 1 fully saturated rings. The van der Waals surface area contributed by atoms with Crippen molar-refractivity contribution in [2.24, 2.45) is 11.7 Å². The van der Waals surface area contributed by atoms with E-state index in [9.17, 15) is 0 Å². The first kappa shape index (κ1) is 12.0. The Kier molecular flexibility index (Phi) is 4.90. The summed E-state index contributed by atoms with van der Waals surface area (Å²) in [4.78, 5) is 2.40. The van der Waals surface area contributed by atoms with Gasteiger partial charge in [-0.15, -0.1) is 0 Å². The molecule has 84 valence electrons. The maximum absolute atomic E-state index is 5.82. The molecule has 0 aliphatic heterocycles. The molecule has 1 aliphatic rings. The average molecular weight is 198 g/mol. The third kappa shape index (κ3) is 3.58. The zero-order valence-corrected chi connectivity index (χ0v) is 10.00. The van der Waals surface area contributed by atoms with E-state index in [0.717, 1.165) is 12.0 Å². The molecule has 1 saturated carbocycles. The fraction of sp³-hybridized carbons (Fsp3) is 1.00. The summed E-state index contributed by atoms with van der Waals surface area (Å²) in [5.41, 5.74) is 5.82. The highest BCUT2D eigenvalue weighted by molar-refractivity contribution is 4.81. The van der Waals surface area contributed by atoms with Gasteiger partial charge < -0.3 is 10.6 Å². The van der Waals surface area contributed by atoms with E-state index in [1.54, 1.807) is 0 Å². The molecule has 0 radical (unpaired) electrons. The van der Waals surface area contributed by atoms with E-state index < -0.39 is 0 Å². The van der Waals surface area contributed by atoms with Gasteiger partial charge in [-0.2, -0.15) is 0 Å². The van der Waals surface area contributed by atoms with Crippen LogP contribution in [0.15, 0.2) is 0 Å². The molecule has 2 unspecified atom stereocenters. The van der Waals surface area contributed by atoms with E-state index in [1.165, 1.54) is 38.5 Å². The summed E-state index contributed by atoms with van der Waals surface area (Å²) < 4.78 is 0. The van der Waals surface area contributed by atoms with Crippen LogP contribution in [0.1, 0.15) is 45.4 Å². The molecular weight excluding hydrogens is 172 g/mol. The van der Waals surface area contributed by atoms with Gasteiger partial charge in [-0.05, 0) is 52.6 Å². The lowest BCUT2D eigenvalue weighted by molar-refractivity contribution is 0.193. The first-order chi connectivity index (χ1) is 6.61. The second-order valence-corrected chi connectivity index (χ2v) is 5.13. The zero-order valence-electron chi connectivity index (χ0n) is 10.00. The van der Waals surface area contributed by atoms with Crippen LogP contribution >= 0.6 is 0 Å². The fourth-order valence-corrected chi connectivity index (χ4v) is 2.69. The Balaban J connectivity index is 2.37. The van der Waals surface area contributed by atoms with Crippen molar-refractivity contribution < 1.29 is 0 Å². The van der Waals surface area contributed by atoms with Gasteiger partial charge in [0.1, 0.15) is 0 Å². The summed E-state index contributed by atoms with van der Waals surface area (Å²) in [6.45, 7) is 2.11. The highest BCUT2D eigenvalue weighted by Gasteiger charge is 2.26. The molecule has 0 aromatic carbocycles. The predicted molar refractivity (Wildman–Crippen MR) is 62.3 cm³/mol. The maximum atomic E-state index is 5.82. The maximum Gasteiger partial charge on any atom is 0.0118 e. The SMILES string of the molecule is CC(N)CCC(C1CCCC1)N(C)C. The standard InChI is InChI=1S/C12H26N2/c1-10(13)8-9-12(14(2)3)11-6-4-5-7-11/h10-12H,4-9,13H2,1-3H3. The fourth-order valence-electron chi connectivity index (χ4n) is 2.69. The summed E-state index contributed by atoms with van der Waals surface area (Å²) in [5.74, 6) is 0.934. The van der Waals surface area contributed by atoms with Crippen LogP contribution in [0.3, 0.4) is 0 Å². The Morgan fingerprint density at radius 3 is 2.21 bits per heavy atom. The van der Waals surface area contributed by atoms with E-state index >= 15 is 0 Å². The molecule has 2 N–H and O–H groups in total. The number of rotatable bonds is 5. The third-order valence-electron chi connectivity index (χ3n) is 3.53. The van der Waals surface area contributed by atoms with Gasteiger partial charge in [0.15, 0.2) is 0 Å². The third-order valence-corrected chi connectivity index (χ3v) is 3.53. The molecule has 2 nitrogen and oxygen atoms in total. The van der Waals surface area contributed by atoms with Gasteiger partial charge in [0, 0.05) is 12.1 Å². The molecule has 1 aliphatic carbocycles. The molecule has 14 heavy (non-hydrogen) atoms. The van der Waals surface area contributed by atoms with E-state index in [-0.39, 0.29) is 0 Å². The lowest BCUT2D eigenvalue weighted by Gasteiger charge is -2.30. The number of hydrogen-bond donors (Lipinski definition) is 1. The molecule has 0 saturated heterocycles. The summed E-state index contributed by atoms with van der Waals surface area (Å²) in [5, 5.41) is 0. The van der Waals surface area contributed by atoms with Gasteiger partial charge >= 0.3 is 0 Å². The van der Waals surface area contributed by atoms with Crippen molar-refractivity contribution in [1.82, 2.24) is 4.90 Å². The summed E-state index contributed by atoms with van der Waals surface area (Å²) >= 11 is 0. The summed E-state index contributed by atoms with van der Waals surface area (Å²) in [6.07, 6.45) is 8.18. The van der Waals surface area contributed by atoms with Crippen LogP contribution in [0.4, 0.5) is 0 Å². The highest BCUT2D eigenvalue weighted by atomic mass is 15.1. The van der Waals surface area contributed by atoms with Crippen molar-refractivity contribution in [3.05, 3.63) is 0 Å². The van der Waals surface area contributed by atoms with Crippen LogP contribution in [0, 0.1) is 5.92 Å². The molecule has 2 atom stereocenters. The average Bonchev–Trinajstić information content (AvgIpc) is 2.56. The largest absolute Gasteiger partial charge is 0.328 e. The van der Waals surface area contributed by atoms with Crippen molar-refractivity contribution in [2.45, 2.75) is 57.5 Å². The smallest absolute Gasteiger partial charge is 0.0118 e. The minimum Gasteiger partial charge on any atom is -0.328 e. The van der Waals surface area contributed by atoms with Crippen LogP contribution in [0.5, 0.6) is 0 Å². The van der Waals surface area contributed by atoms with Crippen LogP contribution in [-0.4, -0.2) is 31.1 Å². The molecular formula is C12H26N2. The Bertz CT molecular complexity index is 148. The second kappa shape index (κ2) is 5.72. The van der Waals surface area contributed by atoms with E-state index in [1.807, 2.05) is 0 Å². The van der Waals surface area contributed by atoms with Crippen LogP contribution in [0.2, 0.25) is 0 Å². The molecule has 0 bridgehead atoms. The van der Waals surface area contributed by atoms with Gasteiger partial charge in [0.2, 0.25) is 0 Å². The monoisotopic (exact) mass is 198 g/mol. The number of nitrogens with zero attached hydrogens (tertiary/aromatic N) is 1. The molecule has 0 aromatic heterocycles. The summed E-state index contributed by atoms with van der Waals surface area (Å²) in [7, 11) is 4.42. The molecule has 0 aromatic rings. The van der Waals surface area contributed by atoms with Gasteiger partial charge in [0.05, 0.1) is 0 Å². The topological polar surface area (TPSA) is 29.3 Å². The minimum absolute atomic E-state index is 0.360. The Morgan fingerprint density at radius 1 is 1.21 bits per heavy atom. The molecule has 0 amide bonds. The second-order valence-electron chi connectivity index (χ2n) is 5.13. The molecule has 0 heterocycles. The van der Waals surface area contributed by atoms with E-state index in [0.29, 0.717) is 6.04 Å². The van der Waals surface area contributed by atoms with Gasteiger partial charge in [-0.1, -0.05) is 12.8 Å². The van der Waals surface area contributed by atoms with Crippen LogP contribution in [0.25, 0.3) is 0 Å². The lowest BCUT2D eigenvalue weighted by Crippen LogP contribution is -2.35. The lowest BCUT2D eigenvalue weighted by atomic mass is 9.92. The first-order valence-corrected chi connectivity index (χ1v) is 6.03. The van der Waals surface area contributed by atoms with Crippen molar-refractivity contribution in [3.63, 3.8) is 0 Å². The van der Waals surface area contributed by atoms with Crippen molar-refractivity contribution in [1.29, 1.82) is 0 Å². The molecule has 0 spiro atoms. The Labute approximate surface area is 88.8 Å². The summed E-state index contributed by atoms with van der Waals surface area (Å²) in [6, 6.07) is 1.13. The first-order valence-electron chi connectivity index (χ1n) is 6.03. The van der Waals surface area contributed by atoms with Crippen molar-refractivity contribution in [2.75, 3.05) is 14.1 Å². The zero-order chi connectivity index (χ0) is 10.6. The van der Waals surface area contributed by atoms with E-state index in [2.05, 4.69) is 25.9 Å². The predicted octanol–water partition coefficient (Wildman–Crippen LogP) is 2.23. The van der Waals surface area contributed by atoms with Crippen LogP contribution in [-0.2, 0) is 0 Å².